The van der Waals surface area contributed by atoms with Crippen LogP contribution in [0.25, 0.3) is 0 Å². The van der Waals surface area contributed by atoms with Crippen molar-refractivity contribution in [1.82, 2.24) is 14.8 Å². The van der Waals surface area contributed by atoms with Crippen molar-refractivity contribution in [3.8, 4) is 5.75 Å². The van der Waals surface area contributed by atoms with E-state index in [0.29, 0.717) is 17.1 Å². The van der Waals surface area contributed by atoms with E-state index in [9.17, 15) is 8.42 Å². The fourth-order valence-electron chi connectivity index (χ4n) is 2.66. The minimum Gasteiger partial charge on any atom is -0.497 e. The van der Waals surface area contributed by atoms with Gasteiger partial charge in [0.25, 0.3) is 10.0 Å². The molecule has 2 aromatic heterocycles. The van der Waals surface area contributed by atoms with E-state index in [0.717, 1.165) is 5.56 Å². The van der Waals surface area contributed by atoms with Crippen molar-refractivity contribution in [1.29, 1.82) is 0 Å². The number of anilines is 1. The van der Waals surface area contributed by atoms with Gasteiger partial charge in [0.15, 0.2) is 0 Å². The molecule has 1 aromatic carbocycles. The largest absolute Gasteiger partial charge is 0.497 e. The number of sulfonamides is 1. The third kappa shape index (κ3) is 3.55. The Morgan fingerprint density at radius 1 is 1.19 bits per heavy atom. The molecular weight excluding hydrogens is 352 g/mol. The molecule has 0 saturated heterocycles. The smallest absolute Gasteiger partial charge is 0.264 e. The van der Waals surface area contributed by atoms with Crippen molar-refractivity contribution in [2.45, 2.75) is 18.4 Å². The van der Waals surface area contributed by atoms with Crippen LogP contribution >= 0.6 is 0 Å². The molecule has 3 aromatic rings. The number of hydrogen-bond acceptors (Lipinski definition) is 5. The summed E-state index contributed by atoms with van der Waals surface area (Å²) in [6.45, 7) is 1.95. The van der Waals surface area contributed by atoms with Crippen LogP contribution in [0.5, 0.6) is 5.75 Å². The maximum absolute atomic E-state index is 13.3. The molecule has 0 fully saturated rings. The Balaban J connectivity index is 2.07. The van der Waals surface area contributed by atoms with Crippen LogP contribution in [0.1, 0.15) is 11.3 Å². The molecule has 0 aliphatic rings. The van der Waals surface area contributed by atoms with E-state index in [1.807, 2.05) is 6.07 Å². The van der Waals surface area contributed by atoms with Gasteiger partial charge in [0.2, 0.25) is 0 Å². The molecular formula is C18H20N4O3S. The number of aryl methyl sites for hydroxylation is 2. The van der Waals surface area contributed by atoms with E-state index in [1.165, 1.54) is 23.5 Å². The lowest BCUT2D eigenvalue weighted by molar-refractivity contribution is 0.414. The summed E-state index contributed by atoms with van der Waals surface area (Å²) in [7, 11) is -0.488. The number of rotatable bonds is 6. The van der Waals surface area contributed by atoms with E-state index in [2.05, 4.69) is 10.1 Å². The highest BCUT2D eigenvalue weighted by atomic mass is 32.2. The van der Waals surface area contributed by atoms with Gasteiger partial charge < -0.3 is 4.74 Å². The SMILES string of the molecule is COc1ccc(S(=O)(=O)N(Cc2cccnc2)c2cn(C)nc2C)cc1. The van der Waals surface area contributed by atoms with Crippen LogP contribution < -0.4 is 9.04 Å². The van der Waals surface area contributed by atoms with Gasteiger partial charge in [-0.1, -0.05) is 6.07 Å². The van der Waals surface area contributed by atoms with Crippen LogP contribution in [0.4, 0.5) is 5.69 Å². The Bertz CT molecular complexity index is 983. The maximum Gasteiger partial charge on any atom is 0.264 e. The van der Waals surface area contributed by atoms with Crippen molar-refractivity contribution in [2.75, 3.05) is 11.4 Å². The van der Waals surface area contributed by atoms with Crippen molar-refractivity contribution >= 4 is 15.7 Å². The molecule has 2 heterocycles. The Kier molecular flexibility index (Phi) is 4.94. The standard InChI is InChI=1S/C18H20N4O3S/c1-14-18(13-21(2)20-14)22(12-15-5-4-10-19-11-15)26(23,24)17-8-6-16(25-3)7-9-17/h4-11,13H,12H2,1-3H3. The maximum atomic E-state index is 13.3. The highest BCUT2D eigenvalue weighted by molar-refractivity contribution is 7.92. The zero-order valence-electron chi connectivity index (χ0n) is 14.8. The van der Waals surface area contributed by atoms with Gasteiger partial charge in [-0.3, -0.25) is 14.0 Å². The molecule has 136 valence electrons. The average molecular weight is 372 g/mol. The molecule has 3 rings (SSSR count). The quantitative estimate of drug-likeness (QED) is 0.664. The Morgan fingerprint density at radius 3 is 2.46 bits per heavy atom. The first kappa shape index (κ1) is 17.9. The second kappa shape index (κ2) is 7.17. The van der Waals surface area contributed by atoms with Gasteiger partial charge in [0, 0.05) is 25.6 Å². The molecule has 0 aliphatic heterocycles. The summed E-state index contributed by atoms with van der Waals surface area (Å²) >= 11 is 0. The molecule has 0 aliphatic carbocycles. The molecule has 0 unspecified atom stereocenters. The number of aromatic nitrogens is 3. The van der Waals surface area contributed by atoms with Gasteiger partial charge in [-0.2, -0.15) is 5.10 Å². The normalized spacial score (nSPS) is 11.3. The lowest BCUT2D eigenvalue weighted by atomic mass is 10.3. The zero-order chi connectivity index (χ0) is 18.7. The lowest BCUT2D eigenvalue weighted by Crippen LogP contribution is -2.31. The second-order valence-electron chi connectivity index (χ2n) is 5.82. The lowest BCUT2D eigenvalue weighted by Gasteiger charge is -2.24. The van der Waals surface area contributed by atoms with Crippen LogP contribution in [0.15, 0.2) is 59.9 Å². The second-order valence-corrected chi connectivity index (χ2v) is 7.68. The predicted octanol–water partition coefficient (Wildman–Crippen LogP) is 2.53. The fraction of sp³-hybridized carbons (Fsp3) is 0.222. The first-order chi connectivity index (χ1) is 12.4. The fourth-order valence-corrected chi connectivity index (χ4v) is 4.16. The van der Waals surface area contributed by atoms with Gasteiger partial charge in [-0.05, 0) is 42.8 Å². The number of methoxy groups -OCH3 is 1. The molecule has 0 bridgehead atoms. The van der Waals surface area contributed by atoms with E-state index in [-0.39, 0.29) is 11.4 Å². The van der Waals surface area contributed by atoms with E-state index in [4.69, 9.17) is 4.74 Å². The van der Waals surface area contributed by atoms with Crippen LogP contribution in [0.3, 0.4) is 0 Å². The predicted molar refractivity (Wildman–Crippen MR) is 98.5 cm³/mol. The minimum atomic E-state index is -3.79. The summed E-state index contributed by atoms with van der Waals surface area (Å²) in [4.78, 5) is 4.26. The van der Waals surface area contributed by atoms with Crippen LogP contribution in [-0.2, 0) is 23.6 Å². The summed E-state index contributed by atoms with van der Waals surface area (Å²) in [6, 6.07) is 9.96. The molecule has 0 amide bonds. The molecule has 0 saturated carbocycles. The van der Waals surface area contributed by atoms with Crippen molar-refractivity contribution in [3.05, 3.63) is 66.2 Å². The third-order valence-corrected chi connectivity index (χ3v) is 5.73. The van der Waals surface area contributed by atoms with E-state index in [1.54, 1.807) is 55.4 Å². The summed E-state index contributed by atoms with van der Waals surface area (Å²) in [6.07, 6.45) is 5.01. The van der Waals surface area contributed by atoms with Gasteiger partial charge in [-0.15, -0.1) is 0 Å². The molecule has 0 atom stereocenters. The highest BCUT2D eigenvalue weighted by Crippen LogP contribution is 2.28. The zero-order valence-corrected chi connectivity index (χ0v) is 15.6. The van der Waals surface area contributed by atoms with Gasteiger partial charge in [0.1, 0.15) is 5.75 Å². The molecule has 0 radical (unpaired) electrons. The summed E-state index contributed by atoms with van der Waals surface area (Å²) < 4.78 is 34.7. The van der Waals surface area contributed by atoms with Gasteiger partial charge >= 0.3 is 0 Å². The minimum absolute atomic E-state index is 0.161. The van der Waals surface area contributed by atoms with Crippen molar-refractivity contribution < 1.29 is 13.2 Å². The number of nitrogens with zero attached hydrogens (tertiary/aromatic N) is 4. The Morgan fingerprint density at radius 2 is 1.92 bits per heavy atom. The van der Waals surface area contributed by atoms with E-state index < -0.39 is 10.0 Å². The van der Waals surface area contributed by atoms with Gasteiger partial charge in [-0.25, -0.2) is 8.42 Å². The van der Waals surface area contributed by atoms with Crippen LogP contribution in [0.2, 0.25) is 0 Å². The van der Waals surface area contributed by atoms with Crippen molar-refractivity contribution in [2.24, 2.45) is 7.05 Å². The first-order valence-corrected chi connectivity index (χ1v) is 9.42. The summed E-state index contributed by atoms with van der Waals surface area (Å²) in [5, 5.41) is 4.28. The number of hydrogen-bond donors (Lipinski definition) is 0. The summed E-state index contributed by atoms with van der Waals surface area (Å²) in [5.74, 6) is 0.598. The highest BCUT2D eigenvalue weighted by Gasteiger charge is 2.28. The number of pyridine rings is 1. The van der Waals surface area contributed by atoms with Gasteiger partial charge in [0.05, 0.1) is 29.9 Å². The van der Waals surface area contributed by atoms with Crippen LogP contribution in [-0.4, -0.2) is 30.3 Å². The van der Waals surface area contributed by atoms with E-state index >= 15 is 0 Å². The third-order valence-electron chi connectivity index (χ3n) is 3.95. The number of ether oxygens (including phenoxy) is 1. The first-order valence-electron chi connectivity index (χ1n) is 7.98. The molecule has 26 heavy (non-hydrogen) atoms. The Labute approximate surface area is 152 Å². The summed E-state index contributed by atoms with van der Waals surface area (Å²) in [5.41, 5.74) is 1.95. The molecule has 0 N–H and O–H groups in total. The topological polar surface area (TPSA) is 77.3 Å². The molecule has 0 spiro atoms. The monoisotopic (exact) mass is 372 g/mol. The Hall–Kier alpha value is -2.87. The molecule has 7 nitrogen and oxygen atoms in total. The van der Waals surface area contributed by atoms with Crippen LogP contribution in [0, 0.1) is 6.92 Å². The molecule has 8 heteroatoms. The average Bonchev–Trinajstić information content (AvgIpc) is 2.98. The number of benzene rings is 1. The van der Waals surface area contributed by atoms with Crippen molar-refractivity contribution in [3.63, 3.8) is 0 Å².